The smallest absolute Gasteiger partial charge is 0.260 e. The van der Waals surface area contributed by atoms with Crippen molar-refractivity contribution in [2.75, 3.05) is 32.8 Å². The number of nitrogens with zero attached hydrogens (tertiary/aromatic N) is 3. The number of halogens is 2. The van der Waals surface area contributed by atoms with E-state index in [4.69, 9.17) is 27.9 Å². The van der Waals surface area contributed by atoms with E-state index in [2.05, 4.69) is 4.98 Å². The third-order valence-corrected chi connectivity index (χ3v) is 4.82. The molecule has 0 atom stereocenters. The largest absolute Gasteiger partial charge is 0.482 e. The minimum atomic E-state index is -0.142. The quantitative estimate of drug-likeness (QED) is 0.780. The summed E-state index contributed by atoms with van der Waals surface area (Å²) in [6.07, 6.45) is 3.89. The van der Waals surface area contributed by atoms with Gasteiger partial charge < -0.3 is 14.5 Å². The van der Waals surface area contributed by atoms with E-state index >= 15 is 0 Å². The molecule has 0 spiro atoms. The Balaban J connectivity index is 1.54. The molecule has 142 valence electrons. The molecule has 6 nitrogen and oxygen atoms in total. The van der Waals surface area contributed by atoms with Crippen molar-refractivity contribution in [2.45, 2.75) is 6.42 Å². The number of hydrogen-bond acceptors (Lipinski definition) is 4. The van der Waals surface area contributed by atoms with Gasteiger partial charge in [-0.15, -0.1) is 0 Å². The number of carbonyl (C=O) groups excluding carboxylic acids is 2. The number of pyridine rings is 1. The highest BCUT2D eigenvalue weighted by Gasteiger charge is 2.23. The molecular formula is C19H19Cl2N3O3. The zero-order valence-electron chi connectivity index (χ0n) is 14.6. The lowest BCUT2D eigenvalue weighted by Gasteiger charge is -2.22. The summed E-state index contributed by atoms with van der Waals surface area (Å²) in [5, 5.41) is 0.865. The predicted octanol–water partition coefficient (Wildman–Crippen LogP) is 3.14. The molecule has 2 amide bonds. The molecule has 2 aromatic rings. The van der Waals surface area contributed by atoms with Crippen molar-refractivity contribution < 1.29 is 14.3 Å². The number of carbonyl (C=O) groups is 2. The SMILES string of the molecule is O=C(COc1ccc(Cl)cc1Cl)N1CCCN(C(=O)c2cccnc2)CC1. The maximum absolute atomic E-state index is 12.5. The minimum absolute atomic E-state index is 0.0680. The summed E-state index contributed by atoms with van der Waals surface area (Å²) < 4.78 is 5.52. The van der Waals surface area contributed by atoms with Gasteiger partial charge >= 0.3 is 0 Å². The summed E-state index contributed by atoms with van der Waals surface area (Å²) in [6.45, 7) is 2.00. The lowest BCUT2D eigenvalue weighted by atomic mass is 10.2. The van der Waals surface area contributed by atoms with Gasteiger partial charge in [0.1, 0.15) is 5.75 Å². The van der Waals surface area contributed by atoms with Crippen molar-refractivity contribution in [3.05, 3.63) is 58.3 Å². The molecule has 1 fully saturated rings. The first-order valence-electron chi connectivity index (χ1n) is 8.59. The van der Waals surface area contributed by atoms with Gasteiger partial charge in [0, 0.05) is 43.6 Å². The third kappa shape index (κ3) is 5.11. The van der Waals surface area contributed by atoms with Crippen LogP contribution < -0.4 is 4.74 Å². The van der Waals surface area contributed by atoms with Crippen LogP contribution in [0.15, 0.2) is 42.7 Å². The van der Waals surface area contributed by atoms with Crippen molar-refractivity contribution in [3.8, 4) is 5.75 Å². The van der Waals surface area contributed by atoms with Crippen LogP contribution in [0.5, 0.6) is 5.75 Å². The van der Waals surface area contributed by atoms with Gasteiger partial charge in [0.25, 0.3) is 11.8 Å². The lowest BCUT2D eigenvalue weighted by molar-refractivity contribution is -0.133. The van der Waals surface area contributed by atoms with E-state index in [0.29, 0.717) is 54.0 Å². The second kappa shape index (κ2) is 9.06. The van der Waals surface area contributed by atoms with Crippen LogP contribution in [-0.2, 0) is 4.79 Å². The van der Waals surface area contributed by atoms with Gasteiger partial charge in [-0.2, -0.15) is 0 Å². The molecule has 1 saturated heterocycles. The number of hydrogen-bond donors (Lipinski definition) is 0. The Hall–Kier alpha value is -2.31. The van der Waals surface area contributed by atoms with E-state index in [1.54, 1.807) is 52.5 Å². The number of benzene rings is 1. The first-order valence-corrected chi connectivity index (χ1v) is 9.35. The second-order valence-corrected chi connectivity index (χ2v) is 6.98. The second-order valence-electron chi connectivity index (χ2n) is 6.13. The molecule has 1 aromatic heterocycles. The van der Waals surface area contributed by atoms with Gasteiger partial charge in [-0.25, -0.2) is 0 Å². The van der Waals surface area contributed by atoms with Crippen molar-refractivity contribution >= 4 is 35.0 Å². The van der Waals surface area contributed by atoms with Crippen LogP contribution in [0.25, 0.3) is 0 Å². The summed E-state index contributed by atoms with van der Waals surface area (Å²) in [5.41, 5.74) is 0.554. The van der Waals surface area contributed by atoms with Crippen molar-refractivity contribution in [1.82, 2.24) is 14.8 Å². The van der Waals surface area contributed by atoms with Crippen LogP contribution in [0.1, 0.15) is 16.8 Å². The number of amides is 2. The fourth-order valence-corrected chi connectivity index (χ4v) is 3.33. The van der Waals surface area contributed by atoms with Crippen molar-refractivity contribution in [2.24, 2.45) is 0 Å². The molecule has 0 aliphatic carbocycles. The van der Waals surface area contributed by atoms with Crippen LogP contribution in [0, 0.1) is 0 Å². The van der Waals surface area contributed by atoms with E-state index in [-0.39, 0.29) is 18.4 Å². The van der Waals surface area contributed by atoms with E-state index in [0.717, 1.165) is 0 Å². The van der Waals surface area contributed by atoms with Gasteiger partial charge in [-0.3, -0.25) is 14.6 Å². The highest BCUT2D eigenvalue weighted by molar-refractivity contribution is 6.35. The molecule has 8 heteroatoms. The first kappa shape index (κ1) is 19.5. The summed E-state index contributed by atoms with van der Waals surface area (Å²) >= 11 is 11.9. The van der Waals surface area contributed by atoms with E-state index in [1.165, 1.54) is 0 Å². The Morgan fingerprint density at radius 1 is 1.07 bits per heavy atom. The molecule has 0 saturated carbocycles. The first-order chi connectivity index (χ1) is 13.0. The fourth-order valence-electron chi connectivity index (χ4n) is 2.86. The van der Waals surface area contributed by atoms with E-state index in [9.17, 15) is 9.59 Å². The number of rotatable bonds is 4. The maximum Gasteiger partial charge on any atom is 0.260 e. The predicted molar refractivity (Wildman–Crippen MR) is 103 cm³/mol. The summed E-state index contributed by atoms with van der Waals surface area (Å²) in [7, 11) is 0. The van der Waals surface area contributed by atoms with Gasteiger partial charge in [-0.1, -0.05) is 23.2 Å². The van der Waals surface area contributed by atoms with Crippen LogP contribution in [-0.4, -0.2) is 59.4 Å². The molecular weight excluding hydrogens is 389 g/mol. The standard InChI is InChI=1S/C19H19Cl2N3O3/c20-15-4-5-17(16(21)11-15)27-13-18(25)23-7-2-8-24(10-9-23)19(26)14-3-1-6-22-12-14/h1,3-6,11-12H,2,7-10,13H2. The Morgan fingerprint density at radius 2 is 1.85 bits per heavy atom. The van der Waals surface area contributed by atoms with Crippen molar-refractivity contribution in [1.29, 1.82) is 0 Å². The van der Waals surface area contributed by atoms with Gasteiger partial charge in [0.05, 0.1) is 10.6 Å². The van der Waals surface area contributed by atoms with Crippen LogP contribution in [0.2, 0.25) is 10.0 Å². The number of ether oxygens (including phenoxy) is 1. The topological polar surface area (TPSA) is 62.7 Å². The maximum atomic E-state index is 12.5. The molecule has 27 heavy (non-hydrogen) atoms. The summed E-state index contributed by atoms with van der Waals surface area (Å²) in [5.74, 6) is 0.205. The monoisotopic (exact) mass is 407 g/mol. The Kier molecular flexibility index (Phi) is 6.53. The molecule has 0 radical (unpaired) electrons. The van der Waals surface area contributed by atoms with E-state index < -0.39 is 0 Å². The van der Waals surface area contributed by atoms with E-state index in [1.807, 2.05) is 0 Å². The molecule has 0 bridgehead atoms. The lowest BCUT2D eigenvalue weighted by Crippen LogP contribution is -2.39. The average molecular weight is 408 g/mol. The summed E-state index contributed by atoms with van der Waals surface area (Å²) in [4.78, 5) is 32.4. The van der Waals surface area contributed by atoms with Gasteiger partial charge in [0.2, 0.25) is 0 Å². The Labute approximate surface area is 167 Å². The average Bonchev–Trinajstić information content (AvgIpc) is 2.93. The van der Waals surface area contributed by atoms with Crippen LogP contribution in [0.4, 0.5) is 0 Å². The molecule has 1 aromatic carbocycles. The number of aromatic nitrogens is 1. The Bertz CT molecular complexity index is 817. The molecule has 0 unspecified atom stereocenters. The third-order valence-electron chi connectivity index (χ3n) is 4.29. The molecule has 1 aliphatic rings. The zero-order valence-corrected chi connectivity index (χ0v) is 16.1. The molecule has 0 N–H and O–H groups in total. The van der Waals surface area contributed by atoms with Crippen molar-refractivity contribution in [3.63, 3.8) is 0 Å². The molecule has 3 rings (SSSR count). The van der Waals surface area contributed by atoms with Crippen LogP contribution in [0.3, 0.4) is 0 Å². The highest BCUT2D eigenvalue weighted by Crippen LogP contribution is 2.27. The summed E-state index contributed by atoms with van der Waals surface area (Å²) in [6, 6.07) is 8.33. The molecule has 2 heterocycles. The fraction of sp³-hybridized carbons (Fsp3) is 0.316. The molecule has 1 aliphatic heterocycles. The van der Waals surface area contributed by atoms with Gasteiger partial charge in [0.15, 0.2) is 6.61 Å². The highest BCUT2D eigenvalue weighted by atomic mass is 35.5. The minimum Gasteiger partial charge on any atom is -0.482 e. The zero-order chi connectivity index (χ0) is 19.2. The van der Waals surface area contributed by atoms with Gasteiger partial charge in [-0.05, 0) is 36.8 Å². The van der Waals surface area contributed by atoms with Crippen LogP contribution >= 0.6 is 23.2 Å². The Morgan fingerprint density at radius 3 is 2.59 bits per heavy atom. The normalized spacial score (nSPS) is 14.6.